The summed E-state index contributed by atoms with van der Waals surface area (Å²) in [6, 6.07) is 10.1. The van der Waals surface area contributed by atoms with Crippen molar-refractivity contribution >= 4 is 17.6 Å². The molecular formula is C19H20N2O5. The first-order valence-electron chi connectivity index (χ1n) is 8.26. The number of rotatable bonds is 5. The highest BCUT2D eigenvalue weighted by molar-refractivity contribution is 6.10. The number of esters is 1. The normalized spacial score (nSPS) is 16.2. The van der Waals surface area contributed by atoms with Gasteiger partial charge in [0.1, 0.15) is 11.7 Å². The van der Waals surface area contributed by atoms with Crippen LogP contribution in [0, 0.1) is 0 Å². The second kappa shape index (κ2) is 7.97. The fourth-order valence-corrected chi connectivity index (χ4v) is 2.75. The summed E-state index contributed by atoms with van der Waals surface area (Å²) in [6.45, 7) is 1.11. The molecule has 1 fully saturated rings. The molecule has 0 aliphatic carbocycles. The van der Waals surface area contributed by atoms with Gasteiger partial charge >= 0.3 is 5.97 Å². The summed E-state index contributed by atoms with van der Waals surface area (Å²) >= 11 is 0. The second-order valence-electron chi connectivity index (χ2n) is 5.83. The average molecular weight is 356 g/mol. The molecule has 1 aromatic heterocycles. The Bertz CT molecular complexity index is 802. The van der Waals surface area contributed by atoms with E-state index in [0.717, 1.165) is 6.42 Å². The number of para-hydroxylation sites is 1. The predicted molar refractivity (Wildman–Crippen MR) is 94.6 cm³/mol. The summed E-state index contributed by atoms with van der Waals surface area (Å²) in [4.78, 5) is 30.6. The van der Waals surface area contributed by atoms with Crippen LogP contribution in [0.1, 0.15) is 27.1 Å². The first-order chi connectivity index (χ1) is 12.6. The summed E-state index contributed by atoms with van der Waals surface area (Å²) in [5.41, 5.74) is 1.08. The van der Waals surface area contributed by atoms with E-state index >= 15 is 0 Å². The van der Waals surface area contributed by atoms with Gasteiger partial charge in [0.05, 0.1) is 31.6 Å². The summed E-state index contributed by atoms with van der Waals surface area (Å²) < 4.78 is 15.9. The number of benzene rings is 1. The third-order valence-corrected chi connectivity index (χ3v) is 4.14. The van der Waals surface area contributed by atoms with Crippen LogP contribution in [0.4, 0.5) is 5.69 Å². The maximum absolute atomic E-state index is 13.0. The van der Waals surface area contributed by atoms with Crippen LogP contribution in [-0.2, 0) is 9.47 Å². The van der Waals surface area contributed by atoms with E-state index in [2.05, 4.69) is 4.98 Å². The van der Waals surface area contributed by atoms with E-state index in [9.17, 15) is 9.59 Å². The Morgan fingerprint density at radius 3 is 2.69 bits per heavy atom. The van der Waals surface area contributed by atoms with Crippen molar-refractivity contribution < 1.29 is 23.8 Å². The molecular weight excluding hydrogens is 336 g/mol. The number of hydrogen-bond acceptors (Lipinski definition) is 6. The van der Waals surface area contributed by atoms with E-state index in [1.807, 2.05) is 0 Å². The van der Waals surface area contributed by atoms with Gasteiger partial charge in [-0.2, -0.15) is 0 Å². The number of ether oxygens (including phenoxy) is 3. The molecule has 2 heterocycles. The predicted octanol–water partition coefficient (Wildman–Crippen LogP) is 2.31. The summed E-state index contributed by atoms with van der Waals surface area (Å²) in [5.74, 6) is -0.579. The van der Waals surface area contributed by atoms with E-state index in [1.165, 1.54) is 12.0 Å². The molecule has 0 spiro atoms. The monoisotopic (exact) mass is 356 g/mol. The van der Waals surface area contributed by atoms with Gasteiger partial charge in [0, 0.05) is 19.7 Å². The van der Waals surface area contributed by atoms with Crippen LogP contribution in [0.5, 0.6) is 5.88 Å². The lowest BCUT2D eigenvalue weighted by Crippen LogP contribution is -2.29. The fourth-order valence-electron chi connectivity index (χ4n) is 2.75. The lowest BCUT2D eigenvalue weighted by molar-refractivity contribution is 0.0601. The van der Waals surface area contributed by atoms with E-state index in [4.69, 9.17) is 14.2 Å². The van der Waals surface area contributed by atoms with Crippen molar-refractivity contribution in [1.82, 2.24) is 4.98 Å². The van der Waals surface area contributed by atoms with Crippen LogP contribution in [0.2, 0.25) is 0 Å². The Labute approximate surface area is 151 Å². The van der Waals surface area contributed by atoms with Crippen molar-refractivity contribution in [1.29, 1.82) is 0 Å². The van der Waals surface area contributed by atoms with E-state index < -0.39 is 5.97 Å². The number of amides is 1. The molecule has 7 heteroatoms. The Morgan fingerprint density at radius 1 is 1.19 bits per heavy atom. The third-order valence-electron chi connectivity index (χ3n) is 4.14. The molecule has 0 radical (unpaired) electrons. The highest BCUT2D eigenvalue weighted by Gasteiger charge is 2.25. The van der Waals surface area contributed by atoms with Gasteiger partial charge < -0.3 is 19.1 Å². The molecule has 1 aromatic carbocycles. The molecule has 0 bridgehead atoms. The zero-order valence-electron chi connectivity index (χ0n) is 14.7. The molecule has 1 aliphatic heterocycles. The minimum absolute atomic E-state index is 0.121. The summed E-state index contributed by atoms with van der Waals surface area (Å²) in [7, 11) is 2.90. The molecule has 1 atom stereocenters. The molecule has 0 N–H and O–H groups in total. The van der Waals surface area contributed by atoms with Crippen molar-refractivity contribution in [2.45, 2.75) is 12.5 Å². The van der Waals surface area contributed by atoms with Crippen LogP contribution in [-0.4, -0.2) is 50.3 Å². The molecule has 0 unspecified atom stereocenters. The highest BCUT2D eigenvalue weighted by atomic mass is 16.5. The number of carbonyl (C=O) groups excluding carboxylic acids is 2. The average Bonchev–Trinajstić information content (AvgIpc) is 3.19. The van der Waals surface area contributed by atoms with Gasteiger partial charge in [-0.1, -0.05) is 12.1 Å². The maximum atomic E-state index is 13.0. The molecule has 7 nitrogen and oxygen atoms in total. The van der Waals surface area contributed by atoms with Gasteiger partial charge in [0.25, 0.3) is 5.91 Å². The standard InChI is InChI=1S/C19H20N2O5/c1-21(16-8-4-3-6-14(16)19(23)24-2)18(22)15-7-5-10-20-17(15)26-13-9-11-25-12-13/h3-8,10,13H,9,11-12H2,1-2H3/t13-/m0/s1. The lowest BCUT2D eigenvalue weighted by Gasteiger charge is -2.21. The topological polar surface area (TPSA) is 78.0 Å². The second-order valence-corrected chi connectivity index (χ2v) is 5.83. The fraction of sp³-hybridized carbons (Fsp3) is 0.316. The first-order valence-corrected chi connectivity index (χ1v) is 8.26. The lowest BCUT2D eigenvalue weighted by atomic mass is 10.1. The molecule has 1 amide bonds. The number of pyridine rings is 1. The molecule has 1 aliphatic rings. The van der Waals surface area contributed by atoms with Gasteiger partial charge in [-0.3, -0.25) is 4.79 Å². The van der Waals surface area contributed by atoms with Crippen molar-refractivity contribution in [3.05, 3.63) is 53.7 Å². The van der Waals surface area contributed by atoms with E-state index in [1.54, 1.807) is 49.6 Å². The van der Waals surface area contributed by atoms with E-state index in [0.29, 0.717) is 30.0 Å². The first kappa shape index (κ1) is 17.9. The molecule has 136 valence electrons. The van der Waals surface area contributed by atoms with Crippen molar-refractivity contribution in [3.8, 4) is 5.88 Å². The van der Waals surface area contributed by atoms with Crippen LogP contribution >= 0.6 is 0 Å². The SMILES string of the molecule is COC(=O)c1ccccc1N(C)C(=O)c1cccnc1O[C@H]1CCOC1. The third kappa shape index (κ3) is 3.67. The zero-order chi connectivity index (χ0) is 18.5. The van der Waals surface area contributed by atoms with Gasteiger partial charge in [-0.15, -0.1) is 0 Å². The maximum Gasteiger partial charge on any atom is 0.339 e. The number of aromatic nitrogens is 1. The number of carbonyl (C=O) groups is 2. The summed E-state index contributed by atoms with van der Waals surface area (Å²) in [6.07, 6.45) is 2.21. The Morgan fingerprint density at radius 2 is 1.96 bits per heavy atom. The van der Waals surface area contributed by atoms with Crippen LogP contribution < -0.4 is 9.64 Å². The quantitative estimate of drug-likeness (QED) is 0.765. The van der Waals surface area contributed by atoms with Gasteiger partial charge in [0.15, 0.2) is 0 Å². The van der Waals surface area contributed by atoms with Crippen LogP contribution in [0.15, 0.2) is 42.6 Å². The van der Waals surface area contributed by atoms with Crippen LogP contribution in [0.25, 0.3) is 0 Å². The number of anilines is 1. The molecule has 0 saturated carbocycles. The Hall–Kier alpha value is -2.93. The van der Waals surface area contributed by atoms with Gasteiger partial charge in [-0.05, 0) is 24.3 Å². The smallest absolute Gasteiger partial charge is 0.339 e. The van der Waals surface area contributed by atoms with Gasteiger partial charge in [-0.25, -0.2) is 9.78 Å². The van der Waals surface area contributed by atoms with E-state index in [-0.39, 0.29) is 17.9 Å². The number of hydrogen-bond donors (Lipinski definition) is 0. The van der Waals surface area contributed by atoms with Gasteiger partial charge in [0.2, 0.25) is 5.88 Å². The zero-order valence-corrected chi connectivity index (χ0v) is 14.7. The van der Waals surface area contributed by atoms with Crippen molar-refractivity contribution in [2.24, 2.45) is 0 Å². The highest BCUT2D eigenvalue weighted by Crippen LogP contribution is 2.25. The summed E-state index contributed by atoms with van der Waals surface area (Å²) in [5, 5.41) is 0. The number of methoxy groups -OCH3 is 1. The Balaban J connectivity index is 1.89. The molecule has 3 rings (SSSR count). The Kier molecular flexibility index (Phi) is 5.48. The molecule has 26 heavy (non-hydrogen) atoms. The number of nitrogens with zero attached hydrogens (tertiary/aromatic N) is 2. The molecule has 1 saturated heterocycles. The van der Waals surface area contributed by atoms with Crippen molar-refractivity contribution in [3.63, 3.8) is 0 Å². The largest absolute Gasteiger partial charge is 0.471 e. The molecule has 2 aromatic rings. The van der Waals surface area contributed by atoms with Crippen molar-refractivity contribution in [2.75, 3.05) is 32.3 Å². The minimum atomic E-state index is -0.508. The van der Waals surface area contributed by atoms with Crippen LogP contribution in [0.3, 0.4) is 0 Å². The minimum Gasteiger partial charge on any atom is -0.471 e.